The number of hydrogen-bond donors (Lipinski definition) is 5. The van der Waals surface area contributed by atoms with Crippen LogP contribution in [0.4, 0.5) is 0 Å². The Kier molecular flexibility index (Phi) is 22.9. The molecule has 0 fully saturated rings. The summed E-state index contributed by atoms with van der Waals surface area (Å²) in [6, 6.07) is -0.362. The molecule has 8 unspecified atom stereocenters. The van der Waals surface area contributed by atoms with Crippen molar-refractivity contribution in [1.29, 1.82) is 0 Å². The van der Waals surface area contributed by atoms with Gasteiger partial charge < -0.3 is 21.1 Å². The minimum atomic E-state index is -0.894. The van der Waals surface area contributed by atoms with E-state index in [4.69, 9.17) is 5.73 Å². The SMILES string of the molecule is C=[N+](C(O)C(CCCCC(N)C(C)CC)NC(O)CCCCCCCCCCCCCCC)C1CC(C)C=C(C)CC1O. The van der Waals surface area contributed by atoms with Crippen LogP contribution in [0, 0.1) is 11.8 Å². The number of hydrogen-bond acceptors (Lipinski definition) is 5. The minimum absolute atomic E-state index is 0.199. The molecule has 43 heavy (non-hydrogen) atoms. The van der Waals surface area contributed by atoms with Crippen LogP contribution in [0.15, 0.2) is 11.6 Å². The molecule has 6 heteroatoms. The third kappa shape index (κ3) is 18.1. The average molecular weight is 609 g/mol. The van der Waals surface area contributed by atoms with Crippen molar-refractivity contribution in [2.45, 2.75) is 206 Å². The second-order valence-corrected chi connectivity index (χ2v) is 14.1. The van der Waals surface area contributed by atoms with Crippen molar-refractivity contribution >= 4 is 6.72 Å². The van der Waals surface area contributed by atoms with Gasteiger partial charge in [0.15, 0.2) is 6.04 Å². The Hall–Kier alpha value is -0.790. The van der Waals surface area contributed by atoms with Gasteiger partial charge in [-0.25, -0.2) is 4.58 Å². The monoisotopic (exact) mass is 609 g/mol. The van der Waals surface area contributed by atoms with Gasteiger partial charge in [-0.1, -0.05) is 136 Å². The first-order valence-electron chi connectivity index (χ1n) is 18.4. The van der Waals surface area contributed by atoms with Crippen LogP contribution in [-0.4, -0.2) is 63.3 Å². The molecule has 8 atom stereocenters. The summed E-state index contributed by atoms with van der Waals surface area (Å²) in [6.07, 6.45) is 23.8. The maximum atomic E-state index is 11.5. The molecule has 0 saturated heterocycles. The maximum Gasteiger partial charge on any atom is 0.270 e. The lowest BCUT2D eigenvalue weighted by Gasteiger charge is -2.29. The first-order chi connectivity index (χ1) is 20.6. The van der Waals surface area contributed by atoms with Crippen LogP contribution in [0.1, 0.15) is 169 Å². The van der Waals surface area contributed by atoms with Crippen molar-refractivity contribution in [3.63, 3.8) is 0 Å². The van der Waals surface area contributed by atoms with Crippen molar-refractivity contribution in [2.75, 3.05) is 0 Å². The van der Waals surface area contributed by atoms with Crippen molar-refractivity contribution in [2.24, 2.45) is 17.6 Å². The highest BCUT2D eigenvalue weighted by Gasteiger charge is 2.39. The summed E-state index contributed by atoms with van der Waals surface area (Å²) in [6.45, 7) is 15.1. The molecule has 0 bridgehead atoms. The topological polar surface area (TPSA) is 102 Å². The molecule has 0 aromatic carbocycles. The molecule has 0 radical (unpaired) electrons. The Labute approximate surface area is 267 Å². The zero-order valence-corrected chi connectivity index (χ0v) is 29.1. The fourth-order valence-corrected chi connectivity index (χ4v) is 6.75. The quantitative estimate of drug-likeness (QED) is 0.0227. The Bertz CT molecular complexity index is 730. The number of allylic oxidation sites excluding steroid dienone is 1. The molecule has 0 saturated carbocycles. The number of unbranched alkanes of at least 4 members (excludes halogenated alkanes) is 13. The minimum Gasteiger partial charge on any atom is -0.386 e. The lowest BCUT2D eigenvalue weighted by atomic mass is 9.94. The molecule has 0 heterocycles. The van der Waals surface area contributed by atoms with E-state index in [1.54, 1.807) is 4.58 Å². The van der Waals surface area contributed by atoms with Crippen LogP contribution in [-0.2, 0) is 0 Å². The van der Waals surface area contributed by atoms with Gasteiger partial charge in [0.1, 0.15) is 19.0 Å². The third-order valence-corrected chi connectivity index (χ3v) is 9.95. The highest BCUT2D eigenvalue weighted by atomic mass is 16.3. The Morgan fingerprint density at radius 2 is 1.40 bits per heavy atom. The number of nitrogens with zero attached hydrogens (tertiary/aromatic N) is 1. The molecule has 0 aliphatic heterocycles. The van der Waals surface area contributed by atoms with E-state index >= 15 is 0 Å². The molecular weight excluding hydrogens is 534 g/mol. The summed E-state index contributed by atoms with van der Waals surface area (Å²) in [5, 5.41) is 36.7. The van der Waals surface area contributed by atoms with E-state index in [1.807, 2.05) is 0 Å². The number of aliphatic hydroxyl groups is 3. The molecular formula is C37H74N3O3+. The van der Waals surface area contributed by atoms with E-state index in [-0.39, 0.29) is 18.1 Å². The molecule has 0 amide bonds. The van der Waals surface area contributed by atoms with E-state index < -0.39 is 18.6 Å². The van der Waals surface area contributed by atoms with Gasteiger partial charge >= 0.3 is 0 Å². The van der Waals surface area contributed by atoms with Gasteiger partial charge in [-0.05, 0) is 44.4 Å². The second-order valence-electron chi connectivity index (χ2n) is 14.1. The van der Waals surface area contributed by atoms with Crippen LogP contribution in [0.3, 0.4) is 0 Å². The number of aliphatic hydroxyl groups excluding tert-OH is 3. The fourth-order valence-electron chi connectivity index (χ4n) is 6.75. The third-order valence-electron chi connectivity index (χ3n) is 9.95. The fraction of sp³-hybridized carbons (Fsp3) is 0.919. The Morgan fingerprint density at radius 1 is 0.884 bits per heavy atom. The molecule has 1 rings (SSSR count). The zero-order chi connectivity index (χ0) is 32.0. The highest BCUT2D eigenvalue weighted by molar-refractivity contribution is 5.16. The van der Waals surface area contributed by atoms with Gasteiger partial charge in [0.05, 0.1) is 6.04 Å². The summed E-state index contributed by atoms with van der Waals surface area (Å²) < 4.78 is 1.70. The Balaban J connectivity index is 2.51. The largest absolute Gasteiger partial charge is 0.386 e. The second kappa shape index (κ2) is 24.4. The van der Waals surface area contributed by atoms with Gasteiger partial charge in [-0.3, -0.25) is 5.32 Å². The van der Waals surface area contributed by atoms with Crippen LogP contribution < -0.4 is 11.1 Å². The molecule has 1 aliphatic rings. The summed E-state index contributed by atoms with van der Waals surface area (Å²) in [7, 11) is 0. The van der Waals surface area contributed by atoms with Crippen molar-refractivity contribution in [3.05, 3.63) is 11.6 Å². The zero-order valence-electron chi connectivity index (χ0n) is 29.1. The summed E-state index contributed by atoms with van der Waals surface area (Å²) >= 11 is 0. The van der Waals surface area contributed by atoms with Gasteiger partial charge in [0, 0.05) is 18.9 Å². The Morgan fingerprint density at radius 3 is 1.95 bits per heavy atom. The van der Waals surface area contributed by atoms with Gasteiger partial charge in [-0.15, -0.1) is 0 Å². The van der Waals surface area contributed by atoms with Crippen LogP contribution in [0.25, 0.3) is 0 Å². The smallest absolute Gasteiger partial charge is 0.270 e. The van der Waals surface area contributed by atoms with E-state index in [0.717, 1.165) is 51.4 Å². The van der Waals surface area contributed by atoms with Gasteiger partial charge in [0.2, 0.25) is 0 Å². The molecule has 6 N–H and O–H groups in total. The van der Waals surface area contributed by atoms with Crippen LogP contribution >= 0.6 is 0 Å². The molecule has 0 spiro atoms. The predicted octanol–water partition coefficient (Wildman–Crippen LogP) is 7.82. The van der Waals surface area contributed by atoms with Crippen molar-refractivity contribution in [1.82, 2.24) is 5.32 Å². The summed E-state index contributed by atoms with van der Waals surface area (Å²) in [5.41, 5.74) is 7.56. The average Bonchev–Trinajstić information content (AvgIpc) is 3.11. The molecule has 6 nitrogen and oxygen atoms in total. The van der Waals surface area contributed by atoms with Crippen LogP contribution in [0.5, 0.6) is 0 Å². The molecule has 0 aromatic rings. The van der Waals surface area contributed by atoms with Gasteiger partial charge in [0.25, 0.3) is 6.23 Å². The van der Waals surface area contributed by atoms with Gasteiger partial charge in [-0.2, -0.15) is 0 Å². The molecule has 254 valence electrons. The van der Waals surface area contributed by atoms with Crippen LogP contribution in [0.2, 0.25) is 0 Å². The molecule has 0 aromatic heterocycles. The number of nitrogens with one attached hydrogen (secondary N) is 1. The number of rotatable bonds is 26. The molecule has 1 aliphatic carbocycles. The summed E-state index contributed by atoms with van der Waals surface area (Å²) in [5.74, 6) is 0.820. The predicted molar refractivity (Wildman–Crippen MR) is 184 cm³/mol. The van der Waals surface area contributed by atoms with E-state index in [9.17, 15) is 15.3 Å². The lowest BCUT2D eigenvalue weighted by Crippen LogP contribution is -2.54. The first-order valence-corrected chi connectivity index (χ1v) is 18.4. The highest BCUT2D eigenvalue weighted by Crippen LogP contribution is 2.26. The van der Waals surface area contributed by atoms with E-state index in [2.05, 4.69) is 52.7 Å². The normalized spacial score (nSPS) is 22.8. The van der Waals surface area contributed by atoms with Crippen molar-refractivity contribution in [3.8, 4) is 0 Å². The summed E-state index contributed by atoms with van der Waals surface area (Å²) in [4.78, 5) is 0. The lowest BCUT2D eigenvalue weighted by molar-refractivity contribution is -0.646. The van der Waals surface area contributed by atoms with Crippen molar-refractivity contribution < 1.29 is 19.9 Å². The number of nitrogens with two attached hydrogens (primary N) is 1. The van der Waals surface area contributed by atoms with E-state index in [1.165, 1.54) is 76.2 Å². The van der Waals surface area contributed by atoms with E-state index in [0.29, 0.717) is 24.7 Å². The first kappa shape index (κ1) is 40.2. The maximum absolute atomic E-state index is 11.5. The standard InChI is InChI=1S/C37H74N3O3/c1-7-9-10-11-12-13-14-15-16-17-18-19-20-25-36(42)39-33(24-22-21-23-32(38)31(5)8-2)37(43)40(6)34-27-29(3)26-30(4)28-35(34)41/h26,29,31-37,39,41-43H,6-25,27-28,38H2,1-5H3/q+1.